The summed E-state index contributed by atoms with van der Waals surface area (Å²) in [4.78, 5) is 9.09. The summed E-state index contributed by atoms with van der Waals surface area (Å²) in [5.74, 6) is 1.80. The van der Waals surface area contributed by atoms with E-state index in [9.17, 15) is 0 Å². The molecule has 0 fully saturated rings. The largest absolute Gasteiger partial charge is 0.492 e. The number of halogens is 1. The number of aromatic nitrogens is 1. The van der Waals surface area contributed by atoms with Crippen molar-refractivity contribution in [2.45, 2.75) is 20.0 Å². The Morgan fingerprint density at radius 3 is 2.54 bits per heavy atom. The van der Waals surface area contributed by atoms with E-state index in [0.717, 1.165) is 36.9 Å². The van der Waals surface area contributed by atoms with E-state index in [1.54, 1.807) is 0 Å². The van der Waals surface area contributed by atoms with Crippen molar-refractivity contribution in [1.82, 2.24) is 19.7 Å². The number of likely N-dealkylation sites (N-methyl/N-ethyl adjacent to an activating group) is 1. The first-order valence-corrected chi connectivity index (χ1v) is 9.46. The minimum Gasteiger partial charge on any atom is -0.492 e. The van der Waals surface area contributed by atoms with Crippen LogP contribution in [0.1, 0.15) is 18.2 Å². The molecular formula is C21H34IN5O. The van der Waals surface area contributed by atoms with Gasteiger partial charge in [0.25, 0.3) is 0 Å². The summed E-state index contributed by atoms with van der Waals surface area (Å²) in [7, 11) is 8.22. The number of nitrogens with zero attached hydrogens (tertiary/aromatic N) is 4. The molecule has 0 aliphatic carbocycles. The number of hydrogen-bond donors (Lipinski definition) is 1. The number of benzene rings is 1. The summed E-state index contributed by atoms with van der Waals surface area (Å²) < 4.78 is 8.09. The number of nitrogens with one attached hydrogen (secondary N) is 1. The molecule has 1 aromatic heterocycles. The number of hydrogen-bond acceptors (Lipinski definition) is 3. The van der Waals surface area contributed by atoms with Gasteiger partial charge in [-0.3, -0.25) is 0 Å². The molecule has 0 spiro atoms. The molecule has 0 saturated heterocycles. The van der Waals surface area contributed by atoms with E-state index in [1.165, 1.54) is 5.69 Å². The molecule has 156 valence electrons. The third kappa shape index (κ3) is 7.71. The highest BCUT2D eigenvalue weighted by molar-refractivity contribution is 14.0. The molecule has 2 rings (SSSR count). The summed E-state index contributed by atoms with van der Waals surface area (Å²) in [5.41, 5.74) is 2.34. The van der Waals surface area contributed by atoms with Crippen molar-refractivity contribution in [3.8, 4) is 5.75 Å². The fourth-order valence-corrected chi connectivity index (χ4v) is 2.72. The molecule has 0 atom stereocenters. The maximum Gasteiger partial charge on any atom is 0.194 e. The molecule has 0 bridgehead atoms. The van der Waals surface area contributed by atoms with E-state index in [-0.39, 0.29) is 24.0 Å². The Morgan fingerprint density at radius 2 is 1.89 bits per heavy atom. The lowest BCUT2D eigenvalue weighted by atomic mass is 10.2. The molecule has 7 heteroatoms. The van der Waals surface area contributed by atoms with Crippen molar-refractivity contribution in [2.24, 2.45) is 12.0 Å². The summed E-state index contributed by atoms with van der Waals surface area (Å²) in [6.45, 7) is 5.86. The van der Waals surface area contributed by atoms with E-state index in [1.807, 2.05) is 32.3 Å². The highest BCUT2D eigenvalue weighted by Crippen LogP contribution is 2.19. The van der Waals surface area contributed by atoms with Crippen LogP contribution in [0.5, 0.6) is 5.75 Å². The molecule has 0 unspecified atom stereocenters. The van der Waals surface area contributed by atoms with Crippen LogP contribution in [0.15, 0.2) is 47.6 Å². The SMILES string of the molecule is CCNC(=NCc1ccccc1OCCN(C)C)N(C)Cc1cccn1C.I. The van der Waals surface area contributed by atoms with Gasteiger partial charge in [0, 0.05) is 44.6 Å². The van der Waals surface area contributed by atoms with Crippen LogP contribution in [-0.4, -0.2) is 61.2 Å². The van der Waals surface area contributed by atoms with Crippen LogP contribution in [0.4, 0.5) is 0 Å². The summed E-state index contributed by atoms with van der Waals surface area (Å²) >= 11 is 0. The predicted molar refractivity (Wildman–Crippen MR) is 128 cm³/mol. The first-order valence-electron chi connectivity index (χ1n) is 9.46. The second-order valence-corrected chi connectivity index (χ2v) is 6.90. The number of aliphatic imine (C=N–C) groups is 1. The second kappa shape index (κ2) is 12.7. The van der Waals surface area contributed by atoms with Crippen molar-refractivity contribution in [2.75, 3.05) is 40.8 Å². The highest BCUT2D eigenvalue weighted by Gasteiger charge is 2.09. The Kier molecular flexibility index (Phi) is 11.0. The minimum atomic E-state index is 0. The number of para-hydroxylation sites is 1. The third-order valence-electron chi connectivity index (χ3n) is 4.31. The first kappa shape index (κ1) is 24.3. The van der Waals surface area contributed by atoms with Gasteiger partial charge in [-0.05, 0) is 39.2 Å². The number of rotatable bonds is 9. The summed E-state index contributed by atoms with van der Waals surface area (Å²) in [6.07, 6.45) is 2.06. The van der Waals surface area contributed by atoms with E-state index in [2.05, 4.69) is 65.1 Å². The Morgan fingerprint density at radius 1 is 1.14 bits per heavy atom. The Bertz CT molecular complexity index is 729. The number of ether oxygens (including phenoxy) is 1. The molecule has 0 amide bonds. The topological polar surface area (TPSA) is 45.0 Å². The molecule has 6 nitrogen and oxygen atoms in total. The average molecular weight is 499 g/mol. The number of aryl methyl sites for hydroxylation is 1. The molecular weight excluding hydrogens is 465 g/mol. The Balaban J connectivity index is 0.00000392. The summed E-state index contributed by atoms with van der Waals surface area (Å²) in [5, 5.41) is 3.38. The van der Waals surface area contributed by atoms with Crippen molar-refractivity contribution >= 4 is 29.9 Å². The zero-order chi connectivity index (χ0) is 19.6. The minimum absolute atomic E-state index is 0. The molecule has 0 aliphatic rings. The highest BCUT2D eigenvalue weighted by atomic mass is 127. The van der Waals surface area contributed by atoms with E-state index < -0.39 is 0 Å². The van der Waals surface area contributed by atoms with Gasteiger partial charge in [0.05, 0.1) is 13.1 Å². The van der Waals surface area contributed by atoms with Crippen LogP contribution in [0.2, 0.25) is 0 Å². The smallest absolute Gasteiger partial charge is 0.194 e. The normalized spacial score (nSPS) is 11.3. The molecule has 0 aliphatic heterocycles. The van der Waals surface area contributed by atoms with Gasteiger partial charge in [0.15, 0.2) is 5.96 Å². The molecule has 1 N–H and O–H groups in total. The van der Waals surface area contributed by atoms with Crippen LogP contribution in [-0.2, 0) is 20.1 Å². The van der Waals surface area contributed by atoms with E-state index in [0.29, 0.717) is 13.2 Å². The van der Waals surface area contributed by atoms with Gasteiger partial charge in [0.1, 0.15) is 12.4 Å². The van der Waals surface area contributed by atoms with Crippen LogP contribution in [0.25, 0.3) is 0 Å². The van der Waals surface area contributed by atoms with Gasteiger partial charge in [-0.15, -0.1) is 24.0 Å². The van der Waals surface area contributed by atoms with Gasteiger partial charge in [0.2, 0.25) is 0 Å². The molecule has 2 aromatic rings. The maximum atomic E-state index is 5.95. The molecule has 28 heavy (non-hydrogen) atoms. The fraction of sp³-hybridized carbons (Fsp3) is 0.476. The molecule has 0 saturated carbocycles. The van der Waals surface area contributed by atoms with Crippen LogP contribution in [0.3, 0.4) is 0 Å². The average Bonchev–Trinajstić information content (AvgIpc) is 3.04. The third-order valence-corrected chi connectivity index (χ3v) is 4.31. The fourth-order valence-electron chi connectivity index (χ4n) is 2.72. The first-order chi connectivity index (χ1) is 13.0. The zero-order valence-corrected chi connectivity index (χ0v) is 20.0. The predicted octanol–water partition coefficient (Wildman–Crippen LogP) is 3.18. The van der Waals surface area contributed by atoms with Gasteiger partial charge in [-0.1, -0.05) is 18.2 Å². The molecule has 1 heterocycles. The maximum absolute atomic E-state index is 5.95. The van der Waals surface area contributed by atoms with Crippen molar-refractivity contribution < 1.29 is 4.74 Å². The van der Waals surface area contributed by atoms with Gasteiger partial charge in [-0.25, -0.2) is 4.99 Å². The second-order valence-electron chi connectivity index (χ2n) is 6.90. The Labute approximate surface area is 186 Å². The van der Waals surface area contributed by atoms with Gasteiger partial charge < -0.3 is 24.4 Å². The van der Waals surface area contributed by atoms with Gasteiger partial charge in [-0.2, -0.15) is 0 Å². The Hall–Kier alpha value is -1.74. The number of guanidine groups is 1. The van der Waals surface area contributed by atoms with Crippen molar-refractivity contribution in [3.63, 3.8) is 0 Å². The lowest BCUT2D eigenvalue weighted by Crippen LogP contribution is -2.38. The zero-order valence-electron chi connectivity index (χ0n) is 17.7. The van der Waals surface area contributed by atoms with Crippen molar-refractivity contribution in [3.05, 3.63) is 53.9 Å². The van der Waals surface area contributed by atoms with E-state index in [4.69, 9.17) is 9.73 Å². The monoisotopic (exact) mass is 499 g/mol. The quantitative estimate of drug-likeness (QED) is 0.327. The van der Waals surface area contributed by atoms with Crippen molar-refractivity contribution in [1.29, 1.82) is 0 Å². The van der Waals surface area contributed by atoms with Crippen LogP contribution < -0.4 is 10.1 Å². The van der Waals surface area contributed by atoms with E-state index >= 15 is 0 Å². The lowest BCUT2D eigenvalue weighted by Gasteiger charge is -2.22. The summed E-state index contributed by atoms with van der Waals surface area (Å²) in [6, 6.07) is 12.3. The lowest BCUT2D eigenvalue weighted by molar-refractivity contribution is 0.259. The standard InChI is InChI=1S/C21H33N5O.HI/c1-6-22-21(26(5)17-19-11-9-13-25(19)4)23-16-18-10-7-8-12-20(18)27-15-14-24(2)3;/h7-13H,6,14-17H2,1-5H3,(H,22,23);1H. The van der Waals surface area contributed by atoms with Gasteiger partial charge >= 0.3 is 0 Å². The molecule has 1 aromatic carbocycles. The van der Waals surface area contributed by atoms with Crippen LogP contribution >= 0.6 is 24.0 Å². The van der Waals surface area contributed by atoms with Crippen LogP contribution in [0, 0.1) is 0 Å². The molecule has 0 radical (unpaired) electrons.